The minimum Gasteiger partial charge on any atom is -0.291 e. The first-order chi connectivity index (χ1) is 19.7. The van der Waals surface area contributed by atoms with Crippen molar-refractivity contribution in [3.05, 3.63) is 173 Å². The van der Waals surface area contributed by atoms with Gasteiger partial charge in [-0.3, -0.25) is 4.79 Å². The second kappa shape index (κ2) is 9.62. The van der Waals surface area contributed by atoms with Gasteiger partial charge in [0.15, 0.2) is 11.3 Å². The molecule has 1 aliphatic heterocycles. The highest BCUT2D eigenvalue weighted by atomic mass is 16.1. The summed E-state index contributed by atoms with van der Waals surface area (Å²) in [5, 5.41) is 7.34. The SMILES string of the molecule is Cc1ccc(C2=NN(c3ccccc3)[C@]3(C(=O)/C(=C/c4ccccc4)c4ccccc43)[C@H]2c2ccccc2)cc1. The van der Waals surface area contributed by atoms with Gasteiger partial charge in [-0.15, -0.1) is 0 Å². The molecule has 2 aliphatic rings. The Bertz CT molecular complexity index is 1760. The zero-order valence-corrected chi connectivity index (χ0v) is 22.2. The van der Waals surface area contributed by atoms with E-state index in [4.69, 9.17) is 5.10 Å². The molecule has 40 heavy (non-hydrogen) atoms. The first kappa shape index (κ1) is 24.1. The molecule has 2 atom stereocenters. The lowest BCUT2D eigenvalue weighted by Crippen LogP contribution is -2.49. The molecule has 5 aromatic carbocycles. The minimum atomic E-state index is -1.08. The molecule has 0 N–H and O–H groups in total. The molecular formula is C37H28N2O. The lowest BCUT2D eigenvalue weighted by Gasteiger charge is -2.38. The normalized spacial score (nSPS) is 20.7. The average Bonchev–Trinajstić information content (AvgIpc) is 3.49. The van der Waals surface area contributed by atoms with Crippen molar-refractivity contribution in [3.8, 4) is 0 Å². The number of anilines is 1. The van der Waals surface area contributed by atoms with Crippen LogP contribution in [0.2, 0.25) is 0 Å². The van der Waals surface area contributed by atoms with Gasteiger partial charge < -0.3 is 0 Å². The van der Waals surface area contributed by atoms with E-state index in [-0.39, 0.29) is 11.7 Å². The largest absolute Gasteiger partial charge is 0.291 e. The molecule has 0 radical (unpaired) electrons. The van der Waals surface area contributed by atoms with Gasteiger partial charge in [-0.2, -0.15) is 5.10 Å². The van der Waals surface area contributed by atoms with E-state index in [0.717, 1.165) is 39.2 Å². The molecule has 7 rings (SSSR count). The molecule has 192 valence electrons. The number of nitrogens with zero attached hydrogens (tertiary/aromatic N) is 2. The third-order valence-corrected chi connectivity index (χ3v) is 8.04. The lowest BCUT2D eigenvalue weighted by molar-refractivity contribution is -0.118. The number of fused-ring (bicyclic) bond motifs is 2. The van der Waals surface area contributed by atoms with Crippen LogP contribution < -0.4 is 5.01 Å². The maximum absolute atomic E-state index is 15.2. The number of carbonyl (C=O) groups excluding carboxylic acids is 1. The minimum absolute atomic E-state index is 0.0566. The van der Waals surface area contributed by atoms with Crippen LogP contribution in [-0.2, 0) is 10.3 Å². The van der Waals surface area contributed by atoms with Gasteiger partial charge in [-0.05, 0) is 52.9 Å². The van der Waals surface area contributed by atoms with Crippen LogP contribution in [0.25, 0.3) is 11.6 Å². The van der Waals surface area contributed by atoms with Gasteiger partial charge in [0.25, 0.3) is 0 Å². The van der Waals surface area contributed by atoms with Crippen molar-refractivity contribution >= 4 is 28.8 Å². The maximum Gasteiger partial charge on any atom is 0.196 e. The van der Waals surface area contributed by atoms with Crippen LogP contribution in [-0.4, -0.2) is 11.5 Å². The second-order valence-corrected chi connectivity index (χ2v) is 10.5. The van der Waals surface area contributed by atoms with E-state index in [9.17, 15) is 0 Å². The van der Waals surface area contributed by atoms with E-state index in [0.29, 0.717) is 5.57 Å². The van der Waals surface area contributed by atoms with Crippen molar-refractivity contribution in [1.29, 1.82) is 0 Å². The number of para-hydroxylation sites is 1. The first-order valence-corrected chi connectivity index (χ1v) is 13.6. The molecule has 1 aliphatic carbocycles. The van der Waals surface area contributed by atoms with Crippen molar-refractivity contribution in [2.24, 2.45) is 5.10 Å². The summed E-state index contributed by atoms with van der Waals surface area (Å²) < 4.78 is 0. The summed E-state index contributed by atoms with van der Waals surface area (Å²) >= 11 is 0. The molecule has 5 aromatic rings. The summed E-state index contributed by atoms with van der Waals surface area (Å²) in [4.78, 5) is 15.2. The number of ketones is 1. The van der Waals surface area contributed by atoms with Crippen LogP contribution >= 0.6 is 0 Å². The number of carbonyl (C=O) groups is 1. The summed E-state index contributed by atoms with van der Waals surface area (Å²) in [6.45, 7) is 2.09. The number of hydrogen-bond donors (Lipinski definition) is 0. The predicted octanol–water partition coefficient (Wildman–Crippen LogP) is 8.02. The van der Waals surface area contributed by atoms with Crippen LogP contribution in [0.4, 0.5) is 5.69 Å². The van der Waals surface area contributed by atoms with Crippen molar-refractivity contribution in [2.75, 3.05) is 5.01 Å². The van der Waals surface area contributed by atoms with Gasteiger partial charge in [0, 0.05) is 5.57 Å². The van der Waals surface area contributed by atoms with Gasteiger partial charge >= 0.3 is 0 Å². The number of hydrogen-bond acceptors (Lipinski definition) is 3. The summed E-state index contributed by atoms with van der Waals surface area (Å²) in [5.74, 6) is -0.270. The van der Waals surface area contributed by atoms with Gasteiger partial charge in [0.05, 0.1) is 17.3 Å². The summed E-state index contributed by atoms with van der Waals surface area (Å²) in [6.07, 6.45) is 2.03. The molecule has 0 fully saturated rings. The molecule has 0 saturated carbocycles. The third-order valence-electron chi connectivity index (χ3n) is 8.04. The highest BCUT2D eigenvalue weighted by Crippen LogP contribution is 2.58. The third kappa shape index (κ3) is 3.66. The van der Waals surface area contributed by atoms with Crippen LogP contribution in [0.3, 0.4) is 0 Å². The van der Waals surface area contributed by atoms with E-state index in [2.05, 4.69) is 55.5 Å². The predicted molar refractivity (Wildman–Crippen MR) is 163 cm³/mol. The van der Waals surface area contributed by atoms with Crippen LogP contribution in [0.5, 0.6) is 0 Å². The second-order valence-electron chi connectivity index (χ2n) is 10.5. The molecule has 3 nitrogen and oxygen atoms in total. The quantitative estimate of drug-likeness (QED) is 0.227. The Hall–Kier alpha value is -5.02. The van der Waals surface area contributed by atoms with E-state index in [1.807, 2.05) is 102 Å². The molecule has 0 amide bonds. The Labute approximate surface area is 234 Å². The highest BCUT2D eigenvalue weighted by molar-refractivity contribution is 6.36. The van der Waals surface area contributed by atoms with Gasteiger partial charge in [0.1, 0.15) is 0 Å². The Morgan fingerprint density at radius 3 is 2.00 bits per heavy atom. The molecule has 1 heterocycles. The fourth-order valence-corrected chi connectivity index (χ4v) is 6.24. The molecule has 0 bridgehead atoms. The number of aryl methyl sites for hydroxylation is 1. The molecule has 0 aromatic heterocycles. The fourth-order valence-electron chi connectivity index (χ4n) is 6.24. The standard InChI is InChI=1S/C37H28N2O/c1-26-21-23-29(24-22-26)35-34(28-15-7-3-8-16-28)37(39(38-35)30-17-9-4-10-18-30)33-20-12-11-19-31(33)32(36(37)40)25-27-13-5-2-6-14-27/h2-25,34H,1H3/b32-25+/t34-,37-/m0/s1. The van der Waals surface area contributed by atoms with Crippen molar-refractivity contribution in [2.45, 2.75) is 18.4 Å². The van der Waals surface area contributed by atoms with E-state index in [1.165, 1.54) is 5.56 Å². The summed E-state index contributed by atoms with van der Waals surface area (Å²) in [5.41, 5.74) is 7.59. The van der Waals surface area contributed by atoms with Crippen LogP contribution in [0, 0.1) is 6.92 Å². The number of hydrazone groups is 1. The van der Waals surface area contributed by atoms with Crippen LogP contribution in [0.1, 0.15) is 39.3 Å². The Balaban J connectivity index is 1.56. The number of benzene rings is 5. The lowest BCUT2D eigenvalue weighted by atomic mass is 9.71. The molecular weight excluding hydrogens is 488 g/mol. The molecule has 0 unspecified atom stereocenters. The Morgan fingerprint density at radius 2 is 1.30 bits per heavy atom. The summed E-state index contributed by atoms with van der Waals surface area (Å²) in [7, 11) is 0. The van der Waals surface area contributed by atoms with Crippen molar-refractivity contribution in [3.63, 3.8) is 0 Å². The number of rotatable bonds is 4. The first-order valence-electron chi connectivity index (χ1n) is 13.6. The molecule has 1 spiro atoms. The average molecular weight is 517 g/mol. The monoisotopic (exact) mass is 516 g/mol. The van der Waals surface area contributed by atoms with E-state index in [1.54, 1.807) is 0 Å². The van der Waals surface area contributed by atoms with E-state index >= 15 is 4.79 Å². The van der Waals surface area contributed by atoms with Crippen LogP contribution in [0.15, 0.2) is 145 Å². The highest BCUT2D eigenvalue weighted by Gasteiger charge is 2.63. The van der Waals surface area contributed by atoms with Gasteiger partial charge in [-0.1, -0.05) is 133 Å². The smallest absolute Gasteiger partial charge is 0.196 e. The van der Waals surface area contributed by atoms with Crippen molar-refractivity contribution < 1.29 is 4.79 Å². The van der Waals surface area contributed by atoms with Crippen molar-refractivity contribution in [1.82, 2.24) is 0 Å². The summed E-state index contributed by atoms with van der Waals surface area (Å²) in [6, 6.07) is 47.3. The molecule has 0 saturated heterocycles. The maximum atomic E-state index is 15.2. The van der Waals surface area contributed by atoms with Gasteiger partial charge in [0.2, 0.25) is 0 Å². The zero-order valence-electron chi connectivity index (χ0n) is 22.2. The zero-order chi connectivity index (χ0) is 27.1. The fraction of sp³-hybridized carbons (Fsp3) is 0.0811. The van der Waals surface area contributed by atoms with E-state index < -0.39 is 5.54 Å². The Morgan fingerprint density at radius 1 is 0.700 bits per heavy atom. The topological polar surface area (TPSA) is 32.7 Å². The molecule has 3 heteroatoms. The van der Waals surface area contributed by atoms with Gasteiger partial charge in [-0.25, -0.2) is 5.01 Å². The Kier molecular flexibility index (Phi) is 5.78. The number of Topliss-reactive ketones (excluding diaryl/α,β-unsaturated/α-hetero) is 1.